The quantitative estimate of drug-likeness (QED) is 0.376. The fraction of sp³-hybridized carbons (Fsp3) is 0.278. The predicted octanol–water partition coefficient (Wildman–Crippen LogP) is 7.07. The minimum absolute atomic E-state index is 0.116. The molecule has 188 valence electrons. The molecule has 2 N–H and O–H groups in total. The van der Waals surface area contributed by atoms with E-state index in [1.54, 1.807) is 5.32 Å². The maximum Gasteiger partial charge on any atom is 0.573 e. The molecule has 0 heterocycles. The molecule has 0 saturated heterocycles. The third-order valence-corrected chi connectivity index (χ3v) is 5.02. The number of halogens is 12. The zero-order valence-corrected chi connectivity index (χ0v) is 17.8. The van der Waals surface area contributed by atoms with E-state index in [2.05, 4.69) is 26.0 Å². The Kier molecular flexibility index (Phi) is 7.36. The average Bonchev–Trinajstić information content (AvgIpc) is 2.67. The predicted molar refractivity (Wildman–Crippen MR) is 99.6 cm³/mol. The fourth-order valence-corrected chi connectivity index (χ4v) is 3.39. The summed E-state index contributed by atoms with van der Waals surface area (Å²) in [5.41, 5.74) is -10.5. The van der Waals surface area contributed by atoms with Gasteiger partial charge >= 0.3 is 24.4 Å². The zero-order valence-electron chi connectivity index (χ0n) is 16.2. The Labute approximate surface area is 191 Å². The van der Waals surface area contributed by atoms with Crippen LogP contribution in [0.25, 0.3) is 0 Å². The lowest BCUT2D eigenvalue weighted by Crippen LogP contribution is -2.50. The van der Waals surface area contributed by atoms with Gasteiger partial charge in [0.25, 0.3) is 5.91 Å². The fourth-order valence-electron chi connectivity index (χ4n) is 2.69. The summed E-state index contributed by atoms with van der Waals surface area (Å²) < 4.78 is 148. The topological polar surface area (TPSA) is 50.4 Å². The number of nitrogens with one attached hydrogen (secondary N) is 2. The largest absolute Gasteiger partial charge is 0.573 e. The van der Waals surface area contributed by atoms with Gasteiger partial charge in [-0.05, 0) is 34.1 Å². The number of benzene rings is 2. The van der Waals surface area contributed by atoms with Crippen molar-refractivity contribution in [2.24, 2.45) is 0 Å². The molecular weight excluding hydrogens is 565 g/mol. The molecule has 34 heavy (non-hydrogen) atoms. The molecule has 0 bridgehead atoms. The number of amides is 1. The van der Waals surface area contributed by atoms with E-state index in [0.717, 1.165) is 6.07 Å². The number of carbonyl (C=O) groups excluding carboxylic acids is 1. The van der Waals surface area contributed by atoms with Gasteiger partial charge < -0.3 is 15.4 Å². The molecule has 0 aliphatic heterocycles. The second kappa shape index (κ2) is 9.11. The van der Waals surface area contributed by atoms with Crippen molar-refractivity contribution in [1.29, 1.82) is 0 Å². The Morgan fingerprint density at radius 3 is 1.91 bits per heavy atom. The van der Waals surface area contributed by atoms with Crippen molar-refractivity contribution in [1.82, 2.24) is 0 Å². The maximum atomic E-state index is 14.4. The molecule has 4 nitrogen and oxygen atoms in total. The number of anilines is 2. The molecule has 0 atom stereocenters. The van der Waals surface area contributed by atoms with Gasteiger partial charge in [-0.25, -0.2) is 8.78 Å². The van der Waals surface area contributed by atoms with Gasteiger partial charge in [0.05, 0.1) is 21.4 Å². The minimum Gasteiger partial charge on any atom is -0.402 e. The van der Waals surface area contributed by atoms with Gasteiger partial charge in [0.15, 0.2) is 11.6 Å². The molecule has 0 aliphatic carbocycles. The SMILES string of the molecule is CNc1cccc(C(=O)Nc2ccc(C(F)(C(F)(F)F)C(F)(F)F)c(Br)c2OC(F)(F)F)c1F. The molecule has 0 aromatic heterocycles. The highest BCUT2D eigenvalue weighted by molar-refractivity contribution is 9.10. The van der Waals surface area contributed by atoms with Gasteiger partial charge in [-0.2, -0.15) is 26.3 Å². The van der Waals surface area contributed by atoms with Crippen LogP contribution in [0.3, 0.4) is 0 Å². The summed E-state index contributed by atoms with van der Waals surface area (Å²) in [6, 6.07) is 3.21. The lowest BCUT2D eigenvalue weighted by atomic mass is 9.93. The summed E-state index contributed by atoms with van der Waals surface area (Å²) >= 11 is 2.09. The molecule has 1 amide bonds. The summed E-state index contributed by atoms with van der Waals surface area (Å²) in [6.07, 6.45) is -19.0. The van der Waals surface area contributed by atoms with Crippen LogP contribution in [0.15, 0.2) is 34.8 Å². The van der Waals surface area contributed by atoms with Gasteiger partial charge in [-0.15, -0.1) is 13.2 Å². The highest BCUT2D eigenvalue weighted by Gasteiger charge is 2.74. The molecule has 0 unspecified atom stereocenters. The first-order chi connectivity index (χ1) is 15.3. The van der Waals surface area contributed by atoms with Crippen molar-refractivity contribution in [2.75, 3.05) is 17.7 Å². The van der Waals surface area contributed by atoms with Crippen molar-refractivity contribution in [3.05, 3.63) is 51.7 Å². The molecular formula is C18H10BrF11N2O2. The van der Waals surface area contributed by atoms with Gasteiger partial charge in [-0.1, -0.05) is 12.1 Å². The van der Waals surface area contributed by atoms with Crippen molar-refractivity contribution in [3.8, 4) is 5.75 Å². The van der Waals surface area contributed by atoms with E-state index in [9.17, 15) is 53.1 Å². The summed E-state index contributed by atoms with van der Waals surface area (Å²) in [6.45, 7) is 0. The lowest BCUT2D eigenvalue weighted by Gasteiger charge is -2.31. The smallest absolute Gasteiger partial charge is 0.402 e. The molecule has 0 saturated carbocycles. The Balaban J connectivity index is 2.70. The maximum absolute atomic E-state index is 14.4. The van der Waals surface area contributed by atoms with Crippen LogP contribution in [0.4, 0.5) is 59.7 Å². The van der Waals surface area contributed by atoms with E-state index in [-0.39, 0.29) is 17.8 Å². The monoisotopic (exact) mass is 574 g/mol. The highest BCUT2D eigenvalue weighted by atomic mass is 79.9. The molecule has 2 rings (SSSR count). The van der Waals surface area contributed by atoms with E-state index in [0.29, 0.717) is 0 Å². The number of carbonyl (C=O) groups is 1. The first-order valence-corrected chi connectivity index (χ1v) is 9.33. The molecule has 0 spiro atoms. The van der Waals surface area contributed by atoms with E-state index in [1.165, 1.54) is 19.2 Å². The summed E-state index contributed by atoms with van der Waals surface area (Å²) in [7, 11) is 1.27. The van der Waals surface area contributed by atoms with Crippen LogP contribution in [0.2, 0.25) is 0 Å². The number of ether oxygens (including phenoxy) is 1. The number of rotatable bonds is 5. The van der Waals surface area contributed by atoms with E-state index < -0.39 is 63.1 Å². The van der Waals surface area contributed by atoms with Crippen LogP contribution in [-0.4, -0.2) is 31.7 Å². The van der Waals surface area contributed by atoms with E-state index >= 15 is 0 Å². The molecule has 2 aromatic carbocycles. The Morgan fingerprint density at radius 2 is 1.44 bits per heavy atom. The van der Waals surface area contributed by atoms with Crippen LogP contribution >= 0.6 is 15.9 Å². The molecule has 0 radical (unpaired) electrons. The van der Waals surface area contributed by atoms with Crippen molar-refractivity contribution in [3.63, 3.8) is 0 Å². The highest BCUT2D eigenvalue weighted by Crippen LogP contribution is 2.57. The van der Waals surface area contributed by atoms with Crippen LogP contribution in [-0.2, 0) is 5.67 Å². The zero-order chi connectivity index (χ0) is 26.3. The first kappa shape index (κ1) is 27.5. The van der Waals surface area contributed by atoms with Gasteiger partial charge in [0, 0.05) is 12.6 Å². The summed E-state index contributed by atoms with van der Waals surface area (Å²) in [4.78, 5) is 12.4. The Hall–Kier alpha value is -2.78. The second-order valence-corrected chi connectivity index (χ2v) is 7.17. The molecule has 2 aromatic rings. The molecule has 0 aliphatic rings. The van der Waals surface area contributed by atoms with Gasteiger partial charge in [0.1, 0.15) is 0 Å². The second-order valence-electron chi connectivity index (χ2n) is 6.38. The number of hydrogen-bond acceptors (Lipinski definition) is 3. The number of hydrogen-bond donors (Lipinski definition) is 2. The van der Waals surface area contributed by atoms with Crippen LogP contribution in [0.1, 0.15) is 15.9 Å². The van der Waals surface area contributed by atoms with Crippen LogP contribution in [0, 0.1) is 5.82 Å². The Morgan fingerprint density at radius 1 is 0.882 bits per heavy atom. The van der Waals surface area contributed by atoms with Gasteiger partial charge in [0.2, 0.25) is 0 Å². The van der Waals surface area contributed by atoms with Crippen molar-refractivity contribution < 1.29 is 57.8 Å². The average molecular weight is 575 g/mol. The molecule has 0 fully saturated rings. The minimum atomic E-state index is -6.65. The summed E-state index contributed by atoms with van der Waals surface area (Å²) in [5, 5.41) is 4.06. The van der Waals surface area contributed by atoms with Crippen LogP contribution in [0.5, 0.6) is 5.75 Å². The lowest BCUT2D eigenvalue weighted by molar-refractivity contribution is -0.349. The van der Waals surface area contributed by atoms with Crippen LogP contribution < -0.4 is 15.4 Å². The molecule has 16 heteroatoms. The van der Waals surface area contributed by atoms with Crippen molar-refractivity contribution in [2.45, 2.75) is 24.4 Å². The normalized spacial score (nSPS) is 13.0. The van der Waals surface area contributed by atoms with Crippen molar-refractivity contribution >= 4 is 33.2 Å². The standard InChI is InChI=1S/C18H10BrF11N2O2/c1-31-9-4-2-3-7(12(9)20)14(33)32-10-6-5-8(11(19)13(10)34-18(28,29)30)15(21,16(22,23)24)17(25,26)27/h2-6,31H,1H3,(H,32,33). The number of alkyl halides is 10. The van der Waals surface area contributed by atoms with E-state index in [1.807, 2.05) is 0 Å². The third-order valence-electron chi connectivity index (χ3n) is 4.23. The summed E-state index contributed by atoms with van der Waals surface area (Å²) in [5.74, 6) is -4.45. The Bertz CT molecular complexity index is 1070. The first-order valence-electron chi connectivity index (χ1n) is 8.53. The van der Waals surface area contributed by atoms with Gasteiger partial charge in [-0.3, -0.25) is 4.79 Å². The van der Waals surface area contributed by atoms with E-state index in [4.69, 9.17) is 0 Å². The third kappa shape index (κ3) is 5.15.